The number of benzene rings is 2. The quantitative estimate of drug-likeness (QED) is 0.728. The fourth-order valence-corrected chi connectivity index (χ4v) is 2.73. The summed E-state index contributed by atoms with van der Waals surface area (Å²) < 4.78 is 0. The first kappa shape index (κ1) is 18.8. The summed E-state index contributed by atoms with van der Waals surface area (Å²) in [5.41, 5.74) is 1.79. The van der Waals surface area contributed by atoms with Gasteiger partial charge in [-0.1, -0.05) is 53.5 Å². The van der Waals surface area contributed by atoms with E-state index in [4.69, 9.17) is 23.2 Å². The summed E-state index contributed by atoms with van der Waals surface area (Å²) in [4.78, 5) is 14.5. The van der Waals surface area contributed by atoms with E-state index in [1.165, 1.54) is 5.56 Å². The maximum absolute atomic E-state index is 12.2. The number of anilines is 1. The molecule has 24 heavy (non-hydrogen) atoms. The summed E-state index contributed by atoms with van der Waals surface area (Å²) in [6, 6.07) is 15.6. The smallest absolute Gasteiger partial charge is 0.225 e. The van der Waals surface area contributed by atoms with Gasteiger partial charge in [-0.3, -0.25) is 9.69 Å². The Morgan fingerprint density at radius 3 is 2.50 bits per heavy atom. The average Bonchev–Trinajstić information content (AvgIpc) is 2.55. The van der Waals surface area contributed by atoms with Crippen molar-refractivity contribution in [3.8, 4) is 0 Å². The van der Waals surface area contributed by atoms with Crippen molar-refractivity contribution in [2.75, 3.05) is 11.9 Å². The molecule has 0 aliphatic heterocycles. The van der Waals surface area contributed by atoms with E-state index in [-0.39, 0.29) is 5.91 Å². The molecule has 0 unspecified atom stereocenters. The van der Waals surface area contributed by atoms with Crippen LogP contribution in [0.5, 0.6) is 0 Å². The molecular formula is C19H22Cl2N2O. The molecule has 0 bridgehead atoms. The second kappa shape index (κ2) is 9.07. The molecule has 0 fully saturated rings. The lowest BCUT2D eigenvalue weighted by molar-refractivity contribution is -0.116. The predicted molar refractivity (Wildman–Crippen MR) is 102 cm³/mol. The van der Waals surface area contributed by atoms with E-state index < -0.39 is 0 Å². The number of hydrogen-bond donors (Lipinski definition) is 1. The Labute approximate surface area is 153 Å². The minimum Gasteiger partial charge on any atom is -0.325 e. The van der Waals surface area contributed by atoms with Crippen LogP contribution in [0.3, 0.4) is 0 Å². The maximum Gasteiger partial charge on any atom is 0.225 e. The number of carbonyl (C=O) groups excluding carboxylic acids is 1. The highest BCUT2D eigenvalue weighted by atomic mass is 35.5. The Morgan fingerprint density at radius 2 is 1.83 bits per heavy atom. The number of rotatable bonds is 7. The lowest BCUT2D eigenvalue weighted by atomic mass is 10.2. The summed E-state index contributed by atoms with van der Waals surface area (Å²) in [5.74, 6) is -0.0714. The highest BCUT2D eigenvalue weighted by molar-refractivity contribution is 6.35. The summed E-state index contributed by atoms with van der Waals surface area (Å²) >= 11 is 12.0. The van der Waals surface area contributed by atoms with Gasteiger partial charge in [0.05, 0.1) is 10.7 Å². The molecule has 2 rings (SSSR count). The van der Waals surface area contributed by atoms with Crippen molar-refractivity contribution in [2.45, 2.75) is 32.9 Å². The van der Waals surface area contributed by atoms with Crippen molar-refractivity contribution in [1.29, 1.82) is 0 Å². The molecule has 0 aliphatic rings. The van der Waals surface area contributed by atoms with Crippen LogP contribution in [-0.2, 0) is 11.3 Å². The zero-order chi connectivity index (χ0) is 17.5. The van der Waals surface area contributed by atoms with Gasteiger partial charge in [0.1, 0.15) is 0 Å². The van der Waals surface area contributed by atoms with Crippen molar-refractivity contribution in [3.05, 3.63) is 64.1 Å². The summed E-state index contributed by atoms with van der Waals surface area (Å²) in [7, 11) is 0. The highest BCUT2D eigenvalue weighted by Crippen LogP contribution is 2.25. The number of nitrogens with one attached hydrogen (secondary N) is 1. The van der Waals surface area contributed by atoms with Gasteiger partial charge in [0.25, 0.3) is 0 Å². The normalized spacial score (nSPS) is 11.1. The molecule has 0 saturated carbocycles. The predicted octanol–water partition coefficient (Wildman–Crippen LogP) is 5.23. The van der Waals surface area contributed by atoms with Crippen LogP contribution in [-0.4, -0.2) is 23.4 Å². The van der Waals surface area contributed by atoms with Gasteiger partial charge in [-0.05, 0) is 37.6 Å². The van der Waals surface area contributed by atoms with E-state index in [9.17, 15) is 4.79 Å². The Hall–Kier alpha value is -1.55. The molecular weight excluding hydrogens is 343 g/mol. The molecule has 0 radical (unpaired) electrons. The maximum atomic E-state index is 12.2. The topological polar surface area (TPSA) is 32.3 Å². The van der Waals surface area contributed by atoms with Crippen LogP contribution in [0.1, 0.15) is 25.8 Å². The second-order valence-corrected chi connectivity index (χ2v) is 6.82. The standard InChI is InChI=1S/C19H22Cl2N2O/c1-14(2)23(13-15-6-4-3-5-7-15)11-10-19(24)22-18-12-16(20)8-9-17(18)21/h3-9,12,14H,10-11,13H2,1-2H3,(H,22,24). The summed E-state index contributed by atoms with van der Waals surface area (Å²) in [6.45, 7) is 5.77. The highest BCUT2D eigenvalue weighted by Gasteiger charge is 2.13. The molecule has 0 aromatic heterocycles. The molecule has 2 aromatic carbocycles. The van der Waals surface area contributed by atoms with E-state index in [1.807, 2.05) is 18.2 Å². The van der Waals surface area contributed by atoms with Crippen LogP contribution in [0.2, 0.25) is 10.0 Å². The Bertz CT molecular complexity index is 674. The van der Waals surface area contributed by atoms with Crippen molar-refractivity contribution >= 4 is 34.8 Å². The molecule has 1 N–H and O–H groups in total. The molecule has 0 aliphatic carbocycles. The van der Waals surface area contributed by atoms with Gasteiger partial charge >= 0.3 is 0 Å². The van der Waals surface area contributed by atoms with Crippen LogP contribution < -0.4 is 5.32 Å². The van der Waals surface area contributed by atoms with Crippen molar-refractivity contribution in [2.24, 2.45) is 0 Å². The van der Waals surface area contributed by atoms with E-state index >= 15 is 0 Å². The molecule has 5 heteroatoms. The molecule has 128 valence electrons. The van der Waals surface area contributed by atoms with Gasteiger partial charge in [0.2, 0.25) is 5.91 Å². The second-order valence-electron chi connectivity index (χ2n) is 5.97. The van der Waals surface area contributed by atoms with Crippen molar-refractivity contribution < 1.29 is 4.79 Å². The third kappa shape index (κ3) is 5.82. The van der Waals surface area contributed by atoms with E-state index in [0.29, 0.717) is 34.7 Å². The fourth-order valence-electron chi connectivity index (χ4n) is 2.39. The third-order valence-corrected chi connectivity index (χ3v) is 4.35. The van der Waals surface area contributed by atoms with Crippen LogP contribution in [0.25, 0.3) is 0 Å². The molecule has 0 saturated heterocycles. The number of halogens is 2. The third-order valence-electron chi connectivity index (χ3n) is 3.79. The number of hydrogen-bond acceptors (Lipinski definition) is 2. The minimum absolute atomic E-state index is 0.0714. The first-order valence-electron chi connectivity index (χ1n) is 7.98. The first-order chi connectivity index (χ1) is 11.5. The van der Waals surface area contributed by atoms with E-state index in [0.717, 1.165) is 6.54 Å². The molecule has 2 aromatic rings. The minimum atomic E-state index is -0.0714. The van der Waals surface area contributed by atoms with E-state index in [1.54, 1.807) is 18.2 Å². The van der Waals surface area contributed by atoms with Gasteiger partial charge in [0.15, 0.2) is 0 Å². The Morgan fingerprint density at radius 1 is 1.12 bits per heavy atom. The van der Waals surface area contributed by atoms with Crippen LogP contribution in [0.15, 0.2) is 48.5 Å². The summed E-state index contributed by atoms with van der Waals surface area (Å²) in [5, 5.41) is 3.86. The van der Waals surface area contributed by atoms with Gasteiger partial charge in [-0.25, -0.2) is 0 Å². The zero-order valence-electron chi connectivity index (χ0n) is 13.9. The van der Waals surface area contributed by atoms with Gasteiger partial charge in [0, 0.05) is 30.6 Å². The van der Waals surface area contributed by atoms with Gasteiger partial charge in [-0.2, -0.15) is 0 Å². The van der Waals surface area contributed by atoms with Crippen molar-refractivity contribution in [1.82, 2.24) is 4.90 Å². The van der Waals surface area contributed by atoms with E-state index in [2.05, 4.69) is 36.2 Å². The number of amides is 1. The molecule has 0 heterocycles. The lowest BCUT2D eigenvalue weighted by Crippen LogP contribution is -2.33. The van der Waals surface area contributed by atoms with Crippen LogP contribution >= 0.6 is 23.2 Å². The number of nitrogens with zero attached hydrogens (tertiary/aromatic N) is 1. The summed E-state index contributed by atoms with van der Waals surface area (Å²) in [6.07, 6.45) is 0.397. The monoisotopic (exact) mass is 364 g/mol. The van der Waals surface area contributed by atoms with Crippen LogP contribution in [0.4, 0.5) is 5.69 Å². The number of carbonyl (C=O) groups is 1. The Balaban J connectivity index is 1.91. The SMILES string of the molecule is CC(C)N(CCC(=O)Nc1cc(Cl)ccc1Cl)Cc1ccccc1. The lowest BCUT2D eigenvalue weighted by Gasteiger charge is -2.26. The molecule has 3 nitrogen and oxygen atoms in total. The average molecular weight is 365 g/mol. The zero-order valence-corrected chi connectivity index (χ0v) is 15.4. The molecule has 1 amide bonds. The molecule has 0 spiro atoms. The largest absolute Gasteiger partial charge is 0.325 e. The van der Waals surface area contributed by atoms with Gasteiger partial charge in [-0.15, -0.1) is 0 Å². The fraction of sp³-hybridized carbons (Fsp3) is 0.316. The van der Waals surface area contributed by atoms with Crippen molar-refractivity contribution in [3.63, 3.8) is 0 Å². The first-order valence-corrected chi connectivity index (χ1v) is 8.74. The van der Waals surface area contributed by atoms with Gasteiger partial charge < -0.3 is 5.32 Å². The Kier molecular flexibility index (Phi) is 7.10. The molecule has 0 atom stereocenters. The van der Waals surface area contributed by atoms with Crippen LogP contribution in [0, 0.1) is 0 Å².